The number of ether oxygens (including phenoxy) is 2. The van der Waals surface area contributed by atoms with Crippen molar-refractivity contribution in [2.24, 2.45) is 5.92 Å². The first kappa shape index (κ1) is 16.3. The predicted octanol–water partition coefficient (Wildman–Crippen LogP) is 2.77. The molecule has 120 valence electrons. The highest BCUT2D eigenvalue weighted by molar-refractivity contribution is 5.30. The minimum Gasteiger partial charge on any atom is -0.493 e. The second kappa shape index (κ2) is 7.80. The number of methoxy groups -OCH3 is 1. The lowest BCUT2D eigenvalue weighted by Gasteiger charge is -2.29. The van der Waals surface area contributed by atoms with Gasteiger partial charge < -0.3 is 14.8 Å². The molecule has 2 unspecified atom stereocenters. The van der Waals surface area contributed by atoms with Crippen LogP contribution in [0.5, 0.6) is 5.75 Å². The molecule has 1 heterocycles. The average molecular weight is 295 g/mol. The average Bonchev–Trinajstić information content (AvgIpc) is 3.25. The molecule has 1 aromatic heterocycles. The summed E-state index contributed by atoms with van der Waals surface area (Å²) in [5.74, 6) is 1.52. The van der Waals surface area contributed by atoms with E-state index in [1.807, 2.05) is 6.20 Å². The molecule has 0 aliphatic heterocycles. The van der Waals surface area contributed by atoms with Gasteiger partial charge in [-0.05, 0) is 38.6 Å². The van der Waals surface area contributed by atoms with Gasteiger partial charge in [0.2, 0.25) is 0 Å². The van der Waals surface area contributed by atoms with Crippen molar-refractivity contribution in [2.75, 3.05) is 20.3 Å². The molecule has 0 aromatic carbocycles. The van der Waals surface area contributed by atoms with Gasteiger partial charge in [-0.3, -0.25) is 4.68 Å². The Balaban J connectivity index is 2.33. The third kappa shape index (κ3) is 3.77. The van der Waals surface area contributed by atoms with E-state index >= 15 is 0 Å². The van der Waals surface area contributed by atoms with E-state index in [0.29, 0.717) is 5.92 Å². The standard InChI is InChI=1S/C16H29N3O2/c1-5-10-19-15(13(20-4)11-18-19)14(17-6-2)16(21-7-3)12-8-9-12/h11-12,14,16-17H,5-10H2,1-4H3. The van der Waals surface area contributed by atoms with Crippen LogP contribution >= 0.6 is 0 Å². The molecule has 0 spiro atoms. The van der Waals surface area contributed by atoms with Crippen LogP contribution in [0.15, 0.2) is 6.20 Å². The molecule has 2 atom stereocenters. The Morgan fingerprint density at radius 2 is 2.14 bits per heavy atom. The lowest BCUT2D eigenvalue weighted by atomic mass is 10.0. The monoisotopic (exact) mass is 295 g/mol. The zero-order valence-electron chi connectivity index (χ0n) is 13.8. The van der Waals surface area contributed by atoms with Crippen LogP contribution in [0.1, 0.15) is 51.8 Å². The summed E-state index contributed by atoms with van der Waals surface area (Å²) in [4.78, 5) is 0. The van der Waals surface area contributed by atoms with Crippen molar-refractivity contribution in [3.8, 4) is 5.75 Å². The van der Waals surface area contributed by atoms with Gasteiger partial charge in [0.05, 0.1) is 31.1 Å². The van der Waals surface area contributed by atoms with Crippen LogP contribution in [0.2, 0.25) is 0 Å². The van der Waals surface area contributed by atoms with Gasteiger partial charge >= 0.3 is 0 Å². The highest BCUT2D eigenvalue weighted by atomic mass is 16.5. The molecule has 1 aromatic rings. The Bertz CT molecular complexity index is 429. The van der Waals surface area contributed by atoms with E-state index in [9.17, 15) is 0 Å². The van der Waals surface area contributed by atoms with Gasteiger partial charge in [0.1, 0.15) is 0 Å². The first-order valence-corrected chi connectivity index (χ1v) is 8.21. The summed E-state index contributed by atoms with van der Waals surface area (Å²) in [7, 11) is 1.71. The maximum atomic E-state index is 6.08. The summed E-state index contributed by atoms with van der Waals surface area (Å²) in [6.45, 7) is 8.93. The van der Waals surface area contributed by atoms with E-state index in [4.69, 9.17) is 9.47 Å². The number of aryl methyl sites for hydroxylation is 1. The quantitative estimate of drug-likeness (QED) is 0.721. The first-order chi connectivity index (χ1) is 10.3. The van der Waals surface area contributed by atoms with Gasteiger partial charge in [-0.1, -0.05) is 13.8 Å². The van der Waals surface area contributed by atoms with Gasteiger partial charge in [0.15, 0.2) is 5.75 Å². The Labute approximate surface area is 128 Å². The van der Waals surface area contributed by atoms with E-state index in [0.717, 1.165) is 37.6 Å². The number of nitrogens with one attached hydrogen (secondary N) is 1. The van der Waals surface area contributed by atoms with Gasteiger partial charge in [-0.2, -0.15) is 5.10 Å². The fourth-order valence-corrected chi connectivity index (χ4v) is 2.95. The van der Waals surface area contributed by atoms with Gasteiger partial charge in [0, 0.05) is 13.2 Å². The van der Waals surface area contributed by atoms with Crippen molar-refractivity contribution >= 4 is 0 Å². The number of nitrogens with zero attached hydrogens (tertiary/aromatic N) is 2. The van der Waals surface area contributed by atoms with Crippen molar-refractivity contribution in [3.63, 3.8) is 0 Å². The Morgan fingerprint density at radius 3 is 2.67 bits per heavy atom. The number of hydrogen-bond acceptors (Lipinski definition) is 4. The largest absolute Gasteiger partial charge is 0.493 e. The second-order valence-electron chi connectivity index (χ2n) is 5.61. The fourth-order valence-electron chi connectivity index (χ4n) is 2.95. The molecule has 0 radical (unpaired) electrons. The summed E-state index contributed by atoms with van der Waals surface area (Å²) in [6.07, 6.45) is 5.61. The second-order valence-corrected chi connectivity index (χ2v) is 5.61. The molecule has 0 bridgehead atoms. The molecule has 0 amide bonds. The van der Waals surface area contributed by atoms with Crippen molar-refractivity contribution in [3.05, 3.63) is 11.9 Å². The zero-order valence-corrected chi connectivity index (χ0v) is 13.8. The summed E-state index contributed by atoms with van der Waals surface area (Å²) in [6, 6.07) is 0.145. The maximum absolute atomic E-state index is 6.08. The summed E-state index contributed by atoms with van der Waals surface area (Å²) >= 11 is 0. The van der Waals surface area contributed by atoms with E-state index in [1.54, 1.807) is 7.11 Å². The van der Waals surface area contributed by atoms with E-state index in [2.05, 4.69) is 35.9 Å². The summed E-state index contributed by atoms with van der Waals surface area (Å²) in [5.41, 5.74) is 1.13. The van der Waals surface area contributed by atoms with Crippen molar-refractivity contribution in [1.82, 2.24) is 15.1 Å². The molecule has 1 saturated carbocycles. The predicted molar refractivity (Wildman–Crippen MR) is 83.6 cm³/mol. The fraction of sp³-hybridized carbons (Fsp3) is 0.812. The Hall–Kier alpha value is -1.07. The minimum atomic E-state index is 0.145. The SMILES string of the molecule is CCCn1ncc(OC)c1C(NCC)C(OCC)C1CC1. The van der Waals surface area contributed by atoms with Gasteiger partial charge in [-0.25, -0.2) is 0 Å². The lowest BCUT2D eigenvalue weighted by molar-refractivity contribution is 0.0161. The molecule has 2 rings (SSSR count). The van der Waals surface area contributed by atoms with Crippen LogP contribution < -0.4 is 10.1 Å². The highest BCUT2D eigenvalue weighted by Gasteiger charge is 2.40. The lowest BCUT2D eigenvalue weighted by Crippen LogP contribution is -2.37. The number of hydrogen-bond donors (Lipinski definition) is 1. The van der Waals surface area contributed by atoms with Crippen LogP contribution in [0, 0.1) is 5.92 Å². The number of likely N-dealkylation sites (N-methyl/N-ethyl adjacent to an activating group) is 1. The molecule has 0 saturated heterocycles. The van der Waals surface area contributed by atoms with E-state index < -0.39 is 0 Å². The molecular formula is C16H29N3O2. The molecular weight excluding hydrogens is 266 g/mol. The maximum Gasteiger partial charge on any atom is 0.161 e. The molecule has 5 heteroatoms. The van der Waals surface area contributed by atoms with Gasteiger partial charge in [0.25, 0.3) is 0 Å². The normalized spacial score (nSPS) is 17.7. The zero-order chi connectivity index (χ0) is 15.2. The van der Waals surface area contributed by atoms with Crippen LogP contribution in [0.25, 0.3) is 0 Å². The van der Waals surface area contributed by atoms with Crippen LogP contribution in [0.3, 0.4) is 0 Å². The summed E-state index contributed by atoms with van der Waals surface area (Å²) < 4.78 is 13.7. The molecule has 5 nitrogen and oxygen atoms in total. The van der Waals surface area contributed by atoms with Crippen molar-refractivity contribution < 1.29 is 9.47 Å². The number of rotatable bonds is 10. The van der Waals surface area contributed by atoms with Crippen LogP contribution in [-0.2, 0) is 11.3 Å². The molecule has 21 heavy (non-hydrogen) atoms. The molecule has 1 N–H and O–H groups in total. The van der Waals surface area contributed by atoms with Gasteiger partial charge in [-0.15, -0.1) is 0 Å². The Morgan fingerprint density at radius 1 is 1.38 bits per heavy atom. The van der Waals surface area contributed by atoms with Crippen molar-refractivity contribution in [1.29, 1.82) is 0 Å². The van der Waals surface area contributed by atoms with Crippen molar-refractivity contribution in [2.45, 2.75) is 58.7 Å². The topological polar surface area (TPSA) is 48.3 Å². The third-order valence-electron chi connectivity index (χ3n) is 3.99. The molecule has 1 fully saturated rings. The highest BCUT2D eigenvalue weighted by Crippen LogP contribution is 2.41. The van der Waals surface area contributed by atoms with E-state index in [-0.39, 0.29) is 12.1 Å². The van der Waals surface area contributed by atoms with Crippen LogP contribution in [-0.4, -0.2) is 36.1 Å². The van der Waals surface area contributed by atoms with Crippen LogP contribution in [0.4, 0.5) is 0 Å². The smallest absolute Gasteiger partial charge is 0.161 e. The third-order valence-corrected chi connectivity index (χ3v) is 3.99. The Kier molecular flexibility index (Phi) is 6.06. The summed E-state index contributed by atoms with van der Waals surface area (Å²) in [5, 5.41) is 8.10. The molecule has 1 aliphatic rings. The number of aromatic nitrogens is 2. The minimum absolute atomic E-state index is 0.145. The first-order valence-electron chi connectivity index (χ1n) is 8.21. The van der Waals surface area contributed by atoms with E-state index in [1.165, 1.54) is 12.8 Å². The molecule has 1 aliphatic carbocycles.